The van der Waals surface area contributed by atoms with Gasteiger partial charge in [-0.15, -0.1) is 6.58 Å². The molecule has 182 valence electrons. The van der Waals surface area contributed by atoms with E-state index in [1.165, 1.54) is 0 Å². The fourth-order valence-electron chi connectivity index (χ4n) is 4.34. The average Bonchev–Trinajstić information content (AvgIpc) is 3.52. The fraction of sp³-hybridized carbons (Fsp3) is 0.704. The van der Waals surface area contributed by atoms with Gasteiger partial charge in [-0.2, -0.15) is 0 Å². The zero-order valence-corrected chi connectivity index (χ0v) is 22.5. The highest BCUT2D eigenvalue weighted by Gasteiger charge is 2.49. The third kappa shape index (κ3) is 7.01. The molecular weight excluding hydrogens is 416 g/mol. The molecule has 7 atom stereocenters. The number of benzene rings is 1. The lowest BCUT2D eigenvalue weighted by molar-refractivity contribution is -0.0770. The Morgan fingerprint density at radius 1 is 1.12 bits per heavy atom. The standard InChI is InChI=1S/C27H46O4Si/c1-10-14-19(2)24(31-32(8,9)27(5,6)7)20(3)25(21(4)26-23(17-28)30-26)29-18-22-15-12-11-13-16-22/h10-13,15-16,19-21,23-26,28H,1,14,17-18H2,2-9H3/t19-,20-,21-,23-,24+,25-,26-/m0/s1. The van der Waals surface area contributed by atoms with Gasteiger partial charge in [0.25, 0.3) is 0 Å². The van der Waals surface area contributed by atoms with Gasteiger partial charge in [-0.1, -0.05) is 78.0 Å². The van der Waals surface area contributed by atoms with Gasteiger partial charge in [0.15, 0.2) is 8.32 Å². The van der Waals surface area contributed by atoms with Crippen LogP contribution in [0.2, 0.25) is 18.1 Å². The lowest BCUT2D eigenvalue weighted by Crippen LogP contribution is -2.50. The van der Waals surface area contributed by atoms with Crippen LogP contribution in [-0.4, -0.2) is 44.4 Å². The molecule has 1 aromatic rings. The zero-order chi connectivity index (χ0) is 24.1. The Hall–Kier alpha value is -0.983. The first-order valence-electron chi connectivity index (χ1n) is 12.1. The molecule has 0 unspecified atom stereocenters. The summed E-state index contributed by atoms with van der Waals surface area (Å²) in [5.41, 5.74) is 1.16. The lowest BCUT2D eigenvalue weighted by Gasteiger charge is -2.45. The molecule has 1 saturated heterocycles. The van der Waals surface area contributed by atoms with E-state index in [2.05, 4.69) is 73.3 Å². The maximum Gasteiger partial charge on any atom is 0.192 e. The first kappa shape index (κ1) is 27.3. The van der Waals surface area contributed by atoms with Gasteiger partial charge in [0, 0.05) is 11.8 Å². The van der Waals surface area contributed by atoms with Crippen LogP contribution in [0.1, 0.15) is 53.5 Å². The largest absolute Gasteiger partial charge is 0.413 e. The Morgan fingerprint density at radius 2 is 1.75 bits per heavy atom. The van der Waals surface area contributed by atoms with Crippen LogP contribution in [0.3, 0.4) is 0 Å². The van der Waals surface area contributed by atoms with Crippen LogP contribution < -0.4 is 0 Å². The summed E-state index contributed by atoms with van der Waals surface area (Å²) in [6, 6.07) is 10.3. The van der Waals surface area contributed by atoms with Crippen molar-refractivity contribution >= 4 is 8.32 Å². The van der Waals surface area contributed by atoms with Crippen LogP contribution in [0.25, 0.3) is 0 Å². The van der Waals surface area contributed by atoms with Gasteiger partial charge in [0.2, 0.25) is 0 Å². The monoisotopic (exact) mass is 462 g/mol. The summed E-state index contributed by atoms with van der Waals surface area (Å²) in [5, 5.41) is 9.70. The molecule has 1 N–H and O–H groups in total. The molecule has 1 aliphatic heterocycles. The molecule has 1 fully saturated rings. The van der Waals surface area contributed by atoms with E-state index in [1.807, 2.05) is 24.3 Å². The third-order valence-electron chi connectivity index (χ3n) is 7.50. The molecule has 0 radical (unpaired) electrons. The molecule has 1 aromatic carbocycles. The molecule has 0 aliphatic carbocycles. The summed E-state index contributed by atoms with van der Waals surface area (Å²) in [5.74, 6) is 0.661. The Labute approximate surface area is 197 Å². The summed E-state index contributed by atoms with van der Waals surface area (Å²) >= 11 is 0. The van der Waals surface area contributed by atoms with Crippen molar-refractivity contribution in [1.29, 1.82) is 0 Å². The molecule has 2 rings (SSSR count). The van der Waals surface area contributed by atoms with E-state index in [9.17, 15) is 5.11 Å². The fourth-order valence-corrected chi connectivity index (χ4v) is 5.83. The second-order valence-corrected chi connectivity index (χ2v) is 15.9. The molecule has 0 amide bonds. The number of rotatable bonds is 13. The summed E-state index contributed by atoms with van der Waals surface area (Å²) in [7, 11) is -1.98. The van der Waals surface area contributed by atoms with E-state index in [4.69, 9.17) is 13.9 Å². The highest BCUT2D eigenvalue weighted by atomic mass is 28.4. The molecule has 0 spiro atoms. The minimum Gasteiger partial charge on any atom is -0.413 e. The van der Waals surface area contributed by atoms with Crippen molar-refractivity contribution in [2.24, 2.45) is 17.8 Å². The van der Waals surface area contributed by atoms with Gasteiger partial charge < -0.3 is 19.0 Å². The van der Waals surface area contributed by atoms with Gasteiger partial charge >= 0.3 is 0 Å². The molecule has 32 heavy (non-hydrogen) atoms. The quantitative estimate of drug-likeness (QED) is 0.215. The molecular formula is C27H46O4Si. The lowest BCUT2D eigenvalue weighted by atomic mass is 9.81. The normalized spacial score (nSPS) is 23.8. The van der Waals surface area contributed by atoms with Crippen LogP contribution in [-0.2, 0) is 20.5 Å². The molecule has 1 aliphatic rings. The van der Waals surface area contributed by atoms with Crippen LogP contribution in [0.5, 0.6) is 0 Å². The average molecular weight is 463 g/mol. The summed E-state index contributed by atoms with van der Waals surface area (Å²) in [6.45, 7) is 22.8. The van der Waals surface area contributed by atoms with Crippen LogP contribution in [0.15, 0.2) is 43.0 Å². The Balaban J connectivity index is 2.29. The van der Waals surface area contributed by atoms with Crippen molar-refractivity contribution in [3.63, 3.8) is 0 Å². The van der Waals surface area contributed by atoms with Crippen molar-refractivity contribution in [2.75, 3.05) is 6.61 Å². The van der Waals surface area contributed by atoms with Crippen molar-refractivity contribution in [3.05, 3.63) is 48.6 Å². The highest BCUT2D eigenvalue weighted by Crippen LogP contribution is 2.42. The van der Waals surface area contributed by atoms with E-state index in [-0.39, 0.29) is 47.9 Å². The van der Waals surface area contributed by atoms with E-state index < -0.39 is 8.32 Å². The first-order valence-corrected chi connectivity index (χ1v) is 15.0. The Morgan fingerprint density at radius 3 is 2.25 bits per heavy atom. The van der Waals surface area contributed by atoms with Crippen molar-refractivity contribution in [3.8, 4) is 0 Å². The predicted molar refractivity (Wildman–Crippen MR) is 135 cm³/mol. The van der Waals surface area contributed by atoms with E-state index in [0.717, 1.165) is 12.0 Å². The number of ether oxygens (including phenoxy) is 2. The highest BCUT2D eigenvalue weighted by molar-refractivity contribution is 6.74. The van der Waals surface area contributed by atoms with Crippen LogP contribution in [0, 0.1) is 17.8 Å². The summed E-state index contributed by atoms with van der Waals surface area (Å²) < 4.78 is 19.4. The minimum absolute atomic E-state index is 0.0338. The Bertz CT molecular complexity index is 699. The second-order valence-electron chi connectivity index (χ2n) is 11.1. The topological polar surface area (TPSA) is 51.2 Å². The van der Waals surface area contributed by atoms with Gasteiger partial charge in [-0.25, -0.2) is 0 Å². The van der Waals surface area contributed by atoms with E-state index in [0.29, 0.717) is 12.5 Å². The number of allylic oxidation sites excluding steroid dienone is 1. The molecule has 4 nitrogen and oxygen atoms in total. The molecule has 0 bridgehead atoms. The molecule has 1 heterocycles. The van der Waals surface area contributed by atoms with Gasteiger partial charge in [-0.05, 0) is 36.0 Å². The van der Waals surface area contributed by atoms with Crippen molar-refractivity contribution < 1.29 is 19.0 Å². The SMILES string of the molecule is C=CC[C@H](C)[C@@H](O[Si](C)(C)C(C)(C)C)[C@H](C)[C@H](OCc1ccccc1)[C@H](C)[C@@H]1O[C@H]1CO. The molecule has 0 aromatic heterocycles. The third-order valence-corrected chi connectivity index (χ3v) is 12.0. The summed E-state index contributed by atoms with van der Waals surface area (Å²) in [6.07, 6.45) is 2.87. The minimum atomic E-state index is -1.98. The van der Waals surface area contributed by atoms with Gasteiger partial charge in [-0.3, -0.25) is 0 Å². The van der Waals surface area contributed by atoms with Gasteiger partial charge in [0.05, 0.1) is 31.5 Å². The second kappa shape index (κ2) is 11.4. The van der Waals surface area contributed by atoms with Crippen LogP contribution in [0.4, 0.5) is 0 Å². The number of aliphatic hydroxyl groups excluding tert-OH is 1. The zero-order valence-electron chi connectivity index (χ0n) is 21.5. The predicted octanol–water partition coefficient (Wildman–Crippen LogP) is 6.21. The van der Waals surface area contributed by atoms with E-state index >= 15 is 0 Å². The number of aliphatic hydroxyl groups is 1. The van der Waals surface area contributed by atoms with Crippen molar-refractivity contribution in [1.82, 2.24) is 0 Å². The maximum absolute atomic E-state index is 9.57. The number of hydrogen-bond acceptors (Lipinski definition) is 4. The number of epoxide rings is 1. The van der Waals surface area contributed by atoms with Gasteiger partial charge in [0.1, 0.15) is 6.10 Å². The first-order chi connectivity index (χ1) is 14.9. The van der Waals surface area contributed by atoms with Crippen molar-refractivity contribution in [2.45, 2.75) is 97.1 Å². The number of hydrogen-bond donors (Lipinski definition) is 1. The van der Waals surface area contributed by atoms with E-state index in [1.54, 1.807) is 0 Å². The molecule has 0 saturated carbocycles. The maximum atomic E-state index is 9.57. The summed E-state index contributed by atoms with van der Waals surface area (Å²) in [4.78, 5) is 0. The smallest absolute Gasteiger partial charge is 0.192 e. The Kier molecular flexibility index (Phi) is 9.74. The molecule has 5 heteroatoms. The van der Waals surface area contributed by atoms with Crippen LogP contribution >= 0.6 is 0 Å².